The maximum Gasteiger partial charge on any atom is 0.223 e. The second-order valence-corrected chi connectivity index (χ2v) is 9.10. The first-order valence-electron chi connectivity index (χ1n) is 11.3. The zero-order valence-corrected chi connectivity index (χ0v) is 19.4. The fourth-order valence-electron chi connectivity index (χ4n) is 4.29. The largest absolute Gasteiger partial charge is 0.485 e. The van der Waals surface area contributed by atoms with Crippen LogP contribution in [0.1, 0.15) is 31.2 Å². The van der Waals surface area contributed by atoms with Gasteiger partial charge >= 0.3 is 0 Å². The highest BCUT2D eigenvalue weighted by Crippen LogP contribution is 2.26. The monoisotopic (exact) mass is 478 g/mol. The molecule has 34 heavy (non-hydrogen) atoms. The fourth-order valence-corrected chi connectivity index (χ4v) is 4.85. The highest BCUT2D eigenvalue weighted by Gasteiger charge is 2.22. The van der Waals surface area contributed by atoms with Crippen LogP contribution in [0.2, 0.25) is 0 Å². The molecule has 0 unspecified atom stereocenters. The second kappa shape index (κ2) is 10.2. The van der Waals surface area contributed by atoms with Crippen LogP contribution in [0.25, 0.3) is 17.0 Å². The first-order chi connectivity index (χ1) is 16.7. The maximum atomic E-state index is 10.9. The molecule has 0 bridgehead atoms. The molecule has 176 valence electrons. The van der Waals surface area contributed by atoms with Gasteiger partial charge in [0.2, 0.25) is 16.8 Å². The normalized spacial score (nSPS) is 18.3. The van der Waals surface area contributed by atoms with Crippen LogP contribution in [0.5, 0.6) is 5.75 Å². The number of hydrogen-bond acceptors (Lipinski definition) is 7. The van der Waals surface area contributed by atoms with Gasteiger partial charge in [0.15, 0.2) is 11.4 Å². The number of nitrogens with zero attached hydrogens (tertiary/aromatic N) is 4. The van der Waals surface area contributed by atoms with Crippen molar-refractivity contribution in [3.63, 3.8) is 0 Å². The minimum atomic E-state index is -2.56. The molecule has 3 aromatic heterocycles. The van der Waals surface area contributed by atoms with Gasteiger partial charge < -0.3 is 10.1 Å². The van der Waals surface area contributed by atoms with Gasteiger partial charge in [-0.25, -0.2) is 28.1 Å². The van der Waals surface area contributed by atoms with Crippen molar-refractivity contribution in [3.05, 3.63) is 72.7 Å². The molecule has 10 heteroatoms. The van der Waals surface area contributed by atoms with E-state index in [1.165, 1.54) is 0 Å². The van der Waals surface area contributed by atoms with Gasteiger partial charge in [0, 0.05) is 24.5 Å². The van der Waals surface area contributed by atoms with Gasteiger partial charge in [-0.2, -0.15) is 0 Å². The first kappa shape index (κ1) is 22.3. The summed E-state index contributed by atoms with van der Waals surface area (Å²) in [4.78, 5) is 13.7. The molecule has 0 atom stereocenters. The quantitative estimate of drug-likeness (QED) is 0.334. The summed E-state index contributed by atoms with van der Waals surface area (Å²) in [7, 11) is -2.56. The number of rotatable bonds is 8. The molecule has 9 nitrogen and oxygen atoms in total. The van der Waals surface area contributed by atoms with Crippen LogP contribution in [0.15, 0.2) is 67.1 Å². The zero-order chi connectivity index (χ0) is 23.3. The molecule has 2 N–H and O–H groups in total. The molecule has 1 aromatic carbocycles. The Labute approximate surface area is 199 Å². The molecule has 0 saturated heterocycles. The molecule has 0 spiro atoms. The minimum Gasteiger partial charge on any atom is -0.485 e. The van der Waals surface area contributed by atoms with Crippen molar-refractivity contribution >= 4 is 22.5 Å². The van der Waals surface area contributed by atoms with E-state index in [-0.39, 0.29) is 12.1 Å². The summed E-state index contributed by atoms with van der Waals surface area (Å²) in [5.41, 5.74) is 3.42. The van der Waals surface area contributed by atoms with Crippen LogP contribution in [0.4, 0.5) is 5.95 Å². The summed E-state index contributed by atoms with van der Waals surface area (Å²) in [6, 6.07) is 15.9. The Bertz CT molecular complexity index is 1330. The molecule has 3 heterocycles. The number of anilines is 1. The molecular formula is C24H26N6O3S. The summed E-state index contributed by atoms with van der Waals surface area (Å²) in [5.74, 6) is 1.26. The van der Waals surface area contributed by atoms with E-state index in [0.717, 1.165) is 48.3 Å². The number of thiol groups is 1. The van der Waals surface area contributed by atoms with Crippen LogP contribution < -0.4 is 14.8 Å². The van der Waals surface area contributed by atoms with E-state index in [1.54, 1.807) is 12.4 Å². The predicted octanol–water partition coefficient (Wildman–Crippen LogP) is 3.21. The predicted molar refractivity (Wildman–Crippen MR) is 130 cm³/mol. The van der Waals surface area contributed by atoms with Crippen LogP contribution >= 0.6 is 0 Å². The van der Waals surface area contributed by atoms with E-state index in [9.17, 15) is 8.42 Å². The van der Waals surface area contributed by atoms with E-state index in [4.69, 9.17) is 9.72 Å². The SMILES string of the molecule is O=[SH](=O)N[C@H]1CC[C@H](Nc2nccc(-c3cnc4c(OCc5ccccc5)cccn34)n2)CC1. The van der Waals surface area contributed by atoms with Gasteiger partial charge in [0.25, 0.3) is 0 Å². The molecule has 5 rings (SSSR count). The zero-order valence-electron chi connectivity index (χ0n) is 18.5. The molecule has 0 amide bonds. The Morgan fingerprint density at radius 1 is 0.971 bits per heavy atom. The van der Waals surface area contributed by atoms with Gasteiger partial charge in [-0.1, -0.05) is 30.3 Å². The molecule has 1 aliphatic rings. The van der Waals surface area contributed by atoms with Crippen LogP contribution in [0.3, 0.4) is 0 Å². The average Bonchev–Trinajstić information content (AvgIpc) is 3.29. The average molecular weight is 479 g/mol. The van der Waals surface area contributed by atoms with E-state index in [2.05, 4.69) is 20.0 Å². The number of fused-ring (bicyclic) bond motifs is 1. The van der Waals surface area contributed by atoms with E-state index in [1.807, 2.05) is 59.1 Å². The van der Waals surface area contributed by atoms with Crippen LogP contribution in [0, 0.1) is 0 Å². The van der Waals surface area contributed by atoms with Crippen molar-refractivity contribution in [2.45, 2.75) is 44.4 Å². The third kappa shape index (κ3) is 5.18. The van der Waals surface area contributed by atoms with E-state index >= 15 is 0 Å². The third-order valence-corrected chi connectivity index (χ3v) is 6.58. The van der Waals surface area contributed by atoms with E-state index in [0.29, 0.717) is 18.3 Å². The lowest BCUT2D eigenvalue weighted by Gasteiger charge is -2.28. The number of benzene rings is 1. The molecule has 1 fully saturated rings. The van der Waals surface area contributed by atoms with Crippen molar-refractivity contribution in [2.75, 3.05) is 5.32 Å². The summed E-state index contributed by atoms with van der Waals surface area (Å²) in [6.07, 6.45) is 8.75. The molecule has 4 aromatic rings. The first-order valence-corrected chi connectivity index (χ1v) is 12.5. The van der Waals surface area contributed by atoms with E-state index < -0.39 is 10.9 Å². The van der Waals surface area contributed by atoms with Gasteiger partial charge in [-0.05, 0) is 49.4 Å². The number of imidazole rings is 1. The van der Waals surface area contributed by atoms with Crippen molar-refractivity contribution in [1.82, 2.24) is 24.1 Å². The highest BCUT2D eigenvalue weighted by molar-refractivity contribution is 7.70. The van der Waals surface area contributed by atoms with Crippen molar-refractivity contribution in [1.29, 1.82) is 0 Å². The number of nitrogens with one attached hydrogen (secondary N) is 2. The Morgan fingerprint density at radius 2 is 1.76 bits per heavy atom. The lowest BCUT2D eigenvalue weighted by atomic mass is 9.92. The highest BCUT2D eigenvalue weighted by atomic mass is 32.2. The summed E-state index contributed by atoms with van der Waals surface area (Å²) in [5, 5.41) is 3.40. The maximum absolute atomic E-state index is 10.9. The van der Waals surface area contributed by atoms with Gasteiger partial charge in [-0.15, -0.1) is 0 Å². The Kier molecular flexibility index (Phi) is 6.68. The van der Waals surface area contributed by atoms with Crippen molar-refractivity contribution in [2.24, 2.45) is 0 Å². The summed E-state index contributed by atoms with van der Waals surface area (Å²) < 4.78 is 32.4. The lowest BCUT2D eigenvalue weighted by molar-refractivity contribution is 0.308. The standard InChI is InChI=1S/C24H26N6O3S/c31-34(32)29-19-10-8-18(9-11-19)27-24-25-13-12-20(28-24)21-15-26-23-22(7-4-14-30(21)23)33-16-17-5-2-1-3-6-17/h1-7,12-15,18-19,34H,8-11,16H2,(H,25,27,28)(H,29,31,32)/t18-,19-. The molecular weight excluding hydrogens is 452 g/mol. The topological polar surface area (TPSA) is 111 Å². The smallest absolute Gasteiger partial charge is 0.223 e. The van der Waals surface area contributed by atoms with Crippen molar-refractivity contribution in [3.8, 4) is 17.1 Å². The Hall–Kier alpha value is -3.50. The number of pyridine rings is 1. The Balaban J connectivity index is 1.30. The number of aromatic nitrogens is 4. The summed E-state index contributed by atoms with van der Waals surface area (Å²) in [6.45, 7) is 0.466. The molecule has 0 aliphatic heterocycles. The minimum absolute atomic E-state index is 0.0166. The van der Waals surface area contributed by atoms with Crippen LogP contribution in [-0.4, -0.2) is 39.9 Å². The molecule has 1 aliphatic carbocycles. The number of ether oxygens (including phenoxy) is 1. The lowest BCUT2D eigenvalue weighted by Crippen LogP contribution is -2.36. The second-order valence-electron chi connectivity index (χ2n) is 8.33. The third-order valence-electron chi connectivity index (χ3n) is 6.00. The molecule has 0 radical (unpaired) electrons. The summed E-state index contributed by atoms with van der Waals surface area (Å²) >= 11 is 0. The van der Waals surface area contributed by atoms with Gasteiger partial charge in [-0.3, -0.25) is 4.40 Å². The fraction of sp³-hybridized carbons (Fsp3) is 0.292. The van der Waals surface area contributed by atoms with Gasteiger partial charge in [0.1, 0.15) is 6.61 Å². The number of hydrogen-bond donors (Lipinski definition) is 3. The van der Waals surface area contributed by atoms with Gasteiger partial charge in [0.05, 0.1) is 17.6 Å². The molecule has 1 saturated carbocycles. The van der Waals surface area contributed by atoms with Crippen LogP contribution in [-0.2, 0) is 17.5 Å². The Morgan fingerprint density at radius 3 is 2.56 bits per heavy atom. The van der Waals surface area contributed by atoms with Crippen molar-refractivity contribution < 1.29 is 13.2 Å².